The Morgan fingerprint density at radius 2 is 1.74 bits per heavy atom. The van der Waals surface area contributed by atoms with Crippen LogP contribution in [-0.2, 0) is 4.79 Å². The molecule has 0 fully saturated rings. The molecule has 0 aliphatic rings. The first-order valence-electron chi connectivity index (χ1n) is 9.38. The van der Waals surface area contributed by atoms with Crippen LogP contribution >= 0.6 is 0 Å². The Balaban J connectivity index is 1.76. The van der Waals surface area contributed by atoms with Crippen molar-refractivity contribution in [2.24, 2.45) is 0 Å². The van der Waals surface area contributed by atoms with Crippen LogP contribution < -0.4 is 15.0 Å². The first kappa shape index (κ1) is 20.5. The standard InChI is InChI=1S/C22H28N2O3/c1-4-21(25)18-10-12-19(13-11-18)27-16-22(26)23-14-15-24(5-2)20-9-7-6-8-17(20)3/h6-13H,4-5,14-16H2,1-3H3,(H,23,26). The molecule has 2 aromatic rings. The summed E-state index contributed by atoms with van der Waals surface area (Å²) in [5.74, 6) is 0.505. The highest BCUT2D eigenvalue weighted by molar-refractivity contribution is 5.95. The van der Waals surface area contributed by atoms with Gasteiger partial charge in [0.15, 0.2) is 12.4 Å². The van der Waals surface area contributed by atoms with Crippen LogP contribution in [0.25, 0.3) is 0 Å². The molecule has 1 amide bonds. The van der Waals surface area contributed by atoms with E-state index in [9.17, 15) is 9.59 Å². The molecular weight excluding hydrogens is 340 g/mol. The number of benzene rings is 2. The van der Waals surface area contributed by atoms with Crippen LogP contribution in [-0.4, -0.2) is 37.9 Å². The number of amides is 1. The zero-order chi connectivity index (χ0) is 19.6. The summed E-state index contributed by atoms with van der Waals surface area (Å²) < 4.78 is 5.49. The Bertz CT molecular complexity index is 756. The molecule has 0 heterocycles. The fourth-order valence-corrected chi connectivity index (χ4v) is 2.84. The van der Waals surface area contributed by atoms with Crippen molar-refractivity contribution in [1.29, 1.82) is 0 Å². The molecule has 0 unspecified atom stereocenters. The van der Waals surface area contributed by atoms with E-state index in [0.717, 1.165) is 13.1 Å². The van der Waals surface area contributed by atoms with Crippen LogP contribution in [0.2, 0.25) is 0 Å². The van der Waals surface area contributed by atoms with Crippen LogP contribution in [0.1, 0.15) is 36.2 Å². The highest BCUT2D eigenvalue weighted by Crippen LogP contribution is 2.18. The van der Waals surface area contributed by atoms with Crippen molar-refractivity contribution in [2.45, 2.75) is 27.2 Å². The minimum atomic E-state index is -0.162. The van der Waals surface area contributed by atoms with E-state index in [0.29, 0.717) is 24.3 Å². The number of hydrogen-bond acceptors (Lipinski definition) is 4. The van der Waals surface area contributed by atoms with Gasteiger partial charge in [0.1, 0.15) is 5.75 Å². The van der Waals surface area contributed by atoms with Gasteiger partial charge < -0.3 is 15.0 Å². The van der Waals surface area contributed by atoms with Gasteiger partial charge in [-0.25, -0.2) is 0 Å². The van der Waals surface area contributed by atoms with Crippen molar-refractivity contribution < 1.29 is 14.3 Å². The van der Waals surface area contributed by atoms with Gasteiger partial charge >= 0.3 is 0 Å². The number of hydrogen-bond donors (Lipinski definition) is 1. The van der Waals surface area contributed by atoms with E-state index in [4.69, 9.17) is 4.74 Å². The van der Waals surface area contributed by atoms with Gasteiger partial charge in [-0.15, -0.1) is 0 Å². The van der Waals surface area contributed by atoms with Gasteiger partial charge in [-0.05, 0) is 49.7 Å². The van der Waals surface area contributed by atoms with Crippen molar-refractivity contribution >= 4 is 17.4 Å². The van der Waals surface area contributed by atoms with E-state index >= 15 is 0 Å². The lowest BCUT2D eigenvalue weighted by Gasteiger charge is -2.25. The number of Topliss-reactive ketones (excluding diaryl/α,β-unsaturated/α-hetero) is 1. The molecule has 144 valence electrons. The summed E-state index contributed by atoms with van der Waals surface area (Å²) in [5, 5.41) is 2.89. The van der Waals surface area contributed by atoms with E-state index in [-0.39, 0.29) is 18.3 Å². The number of rotatable bonds is 10. The van der Waals surface area contributed by atoms with Crippen molar-refractivity contribution in [2.75, 3.05) is 31.1 Å². The van der Waals surface area contributed by atoms with E-state index in [2.05, 4.69) is 36.2 Å². The molecule has 5 nitrogen and oxygen atoms in total. The van der Waals surface area contributed by atoms with Gasteiger partial charge in [0.25, 0.3) is 5.91 Å². The number of anilines is 1. The number of nitrogens with one attached hydrogen (secondary N) is 1. The average molecular weight is 368 g/mol. The SMILES string of the molecule is CCC(=O)c1ccc(OCC(=O)NCCN(CC)c2ccccc2C)cc1. The second-order valence-corrected chi connectivity index (χ2v) is 6.31. The third-order valence-corrected chi connectivity index (χ3v) is 4.41. The summed E-state index contributed by atoms with van der Waals surface area (Å²) in [6, 6.07) is 15.1. The molecule has 0 aromatic heterocycles. The van der Waals surface area contributed by atoms with Crippen LogP contribution in [0.5, 0.6) is 5.75 Å². The molecule has 0 aliphatic carbocycles. The normalized spacial score (nSPS) is 10.3. The van der Waals surface area contributed by atoms with Gasteiger partial charge in [-0.1, -0.05) is 25.1 Å². The van der Waals surface area contributed by atoms with Gasteiger partial charge in [0, 0.05) is 37.3 Å². The van der Waals surface area contributed by atoms with Gasteiger partial charge in [-0.2, -0.15) is 0 Å². The molecule has 0 aliphatic heterocycles. The number of ether oxygens (including phenoxy) is 1. The summed E-state index contributed by atoms with van der Waals surface area (Å²) in [5.41, 5.74) is 3.07. The Hall–Kier alpha value is -2.82. The van der Waals surface area contributed by atoms with Crippen LogP contribution in [0.15, 0.2) is 48.5 Å². The fraction of sp³-hybridized carbons (Fsp3) is 0.364. The molecule has 0 saturated heterocycles. The number of likely N-dealkylation sites (N-methyl/N-ethyl adjacent to an activating group) is 1. The fourth-order valence-electron chi connectivity index (χ4n) is 2.84. The third-order valence-electron chi connectivity index (χ3n) is 4.41. The molecule has 0 saturated carbocycles. The maximum absolute atomic E-state index is 12.0. The number of nitrogens with zero attached hydrogens (tertiary/aromatic N) is 1. The maximum atomic E-state index is 12.0. The van der Waals surface area contributed by atoms with Gasteiger partial charge in [0.05, 0.1) is 0 Å². The summed E-state index contributed by atoms with van der Waals surface area (Å²) in [4.78, 5) is 25.8. The van der Waals surface area contributed by atoms with Crippen molar-refractivity contribution in [3.63, 3.8) is 0 Å². The predicted molar refractivity (Wildman–Crippen MR) is 109 cm³/mol. The Morgan fingerprint density at radius 3 is 2.37 bits per heavy atom. The Labute approximate surface area is 161 Å². The minimum absolute atomic E-state index is 0.0441. The number of aryl methyl sites for hydroxylation is 1. The number of ketones is 1. The number of carbonyl (C=O) groups excluding carboxylic acids is 2. The van der Waals surface area contributed by atoms with Crippen molar-refractivity contribution in [3.8, 4) is 5.75 Å². The number of carbonyl (C=O) groups is 2. The first-order valence-corrected chi connectivity index (χ1v) is 9.38. The molecule has 2 aromatic carbocycles. The monoisotopic (exact) mass is 368 g/mol. The zero-order valence-electron chi connectivity index (χ0n) is 16.3. The second-order valence-electron chi connectivity index (χ2n) is 6.31. The lowest BCUT2D eigenvalue weighted by atomic mass is 10.1. The molecule has 0 spiro atoms. The van der Waals surface area contributed by atoms with Crippen LogP contribution in [0.4, 0.5) is 5.69 Å². The van der Waals surface area contributed by atoms with E-state index < -0.39 is 0 Å². The van der Waals surface area contributed by atoms with Gasteiger partial charge in [-0.3, -0.25) is 9.59 Å². The smallest absolute Gasteiger partial charge is 0.258 e. The summed E-state index contributed by atoms with van der Waals surface area (Å²) in [6.45, 7) is 8.14. The Kier molecular flexibility index (Phi) is 7.86. The van der Waals surface area contributed by atoms with Crippen LogP contribution in [0.3, 0.4) is 0 Å². The lowest BCUT2D eigenvalue weighted by Crippen LogP contribution is -2.37. The molecule has 0 radical (unpaired) electrons. The molecule has 2 rings (SSSR count). The average Bonchev–Trinajstić information content (AvgIpc) is 2.70. The summed E-state index contributed by atoms with van der Waals surface area (Å²) in [7, 11) is 0. The lowest BCUT2D eigenvalue weighted by molar-refractivity contribution is -0.123. The van der Waals surface area contributed by atoms with E-state index in [1.807, 2.05) is 19.1 Å². The topological polar surface area (TPSA) is 58.6 Å². The predicted octanol–water partition coefficient (Wildman–Crippen LogP) is 3.61. The zero-order valence-corrected chi connectivity index (χ0v) is 16.3. The largest absolute Gasteiger partial charge is 0.484 e. The molecule has 1 N–H and O–H groups in total. The van der Waals surface area contributed by atoms with Crippen molar-refractivity contribution in [1.82, 2.24) is 5.32 Å². The maximum Gasteiger partial charge on any atom is 0.258 e. The molecule has 5 heteroatoms. The van der Waals surface area contributed by atoms with Gasteiger partial charge in [0.2, 0.25) is 0 Å². The molecule has 0 atom stereocenters. The van der Waals surface area contributed by atoms with E-state index in [1.165, 1.54) is 11.3 Å². The molecule has 27 heavy (non-hydrogen) atoms. The highest BCUT2D eigenvalue weighted by Gasteiger charge is 2.08. The van der Waals surface area contributed by atoms with Crippen molar-refractivity contribution in [3.05, 3.63) is 59.7 Å². The first-order chi connectivity index (χ1) is 13.0. The second kappa shape index (κ2) is 10.4. The molecular formula is C22H28N2O3. The highest BCUT2D eigenvalue weighted by atomic mass is 16.5. The minimum Gasteiger partial charge on any atom is -0.484 e. The van der Waals surface area contributed by atoms with E-state index in [1.54, 1.807) is 24.3 Å². The summed E-state index contributed by atoms with van der Waals surface area (Å²) >= 11 is 0. The Morgan fingerprint density at radius 1 is 1.04 bits per heavy atom. The van der Waals surface area contributed by atoms with Crippen LogP contribution in [0, 0.1) is 6.92 Å². The summed E-state index contributed by atoms with van der Waals surface area (Å²) in [6.07, 6.45) is 0.472. The third kappa shape index (κ3) is 6.13. The molecule has 0 bridgehead atoms. The quantitative estimate of drug-likeness (QED) is 0.651. The number of para-hydroxylation sites is 1.